The summed E-state index contributed by atoms with van der Waals surface area (Å²) in [6.45, 7) is 2.43. The summed E-state index contributed by atoms with van der Waals surface area (Å²) in [6.07, 6.45) is 1.08. The Morgan fingerprint density at radius 1 is 1.11 bits per heavy atom. The molecule has 7 heteroatoms. The lowest BCUT2D eigenvalue weighted by Crippen LogP contribution is -2.40. The Kier molecular flexibility index (Phi) is 5.21. The Bertz CT molecular complexity index is 884. The van der Waals surface area contributed by atoms with E-state index in [4.69, 9.17) is 0 Å². The number of nitro groups is 1. The molecular weight excluding hydrogens is 348 g/mol. The average molecular weight is 368 g/mol. The van der Waals surface area contributed by atoms with Gasteiger partial charge in [0.15, 0.2) is 5.78 Å². The van der Waals surface area contributed by atoms with Gasteiger partial charge in [0, 0.05) is 41.8 Å². The highest BCUT2D eigenvalue weighted by molar-refractivity contribution is 5.99. The third-order valence-corrected chi connectivity index (χ3v) is 5.04. The number of carbonyl (C=O) groups is 2. The molecule has 1 saturated heterocycles. The second-order valence-electron chi connectivity index (χ2n) is 6.68. The van der Waals surface area contributed by atoms with Crippen molar-refractivity contribution in [3.8, 4) is 5.75 Å². The third kappa shape index (κ3) is 3.81. The van der Waals surface area contributed by atoms with E-state index in [1.54, 1.807) is 30.0 Å². The van der Waals surface area contributed by atoms with E-state index in [9.17, 15) is 24.8 Å². The van der Waals surface area contributed by atoms with Crippen LogP contribution in [0.3, 0.4) is 0 Å². The lowest BCUT2D eigenvalue weighted by atomic mass is 9.88. The van der Waals surface area contributed by atoms with Gasteiger partial charge in [-0.1, -0.05) is 6.07 Å². The summed E-state index contributed by atoms with van der Waals surface area (Å²) >= 11 is 0. The number of phenolic OH excluding ortho intramolecular Hbond substituents is 1. The minimum atomic E-state index is -0.491. The molecule has 1 N–H and O–H groups in total. The van der Waals surface area contributed by atoms with Crippen molar-refractivity contribution in [1.82, 2.24) is 4.90 Å². The molecule has 0 aromatic heterocycles. The fourth-order valence-corrected chi connectivity index (χ4v) is 3.43. The van der Waals surface area contributed by atoms with Crippen molar-refractivity contribution in [3.63, 3.8) is 0 Å². The van der Waals surface area contributed by atoms with Crippen LogP contribution >= 0.6 is 0 Å². The number of nitrogens with zero attached hydrogens (tertiary/aromatic N) is 2. The summed E-state index contributed by atoms with van der Waals surface area (Å²) in [5, 5.41) is 20.4. The van der Waals surface area contributed by atoms with Gasteiger partial charge >= 0.3 is 0 Å². The Labute approximate surface area is 156 Å². The first kappa shape index (κ1) is 18.6. The van der Waals surface area contributed by atoms with Gasteiger partial charge in [-0.05, 0) is 50.1 Å². The van der Waals surface area contributed by atoms with Crippen LogP contribution in [0, 0.1) is 23.0 Å². The highest BCUT2D eigenvalue weighted by Gasteiger charge is 2.29. The second-order valence-corrected chi connectivity index (χ2v) is 6.68. The summed E-state index contributed by atoms with van der Waals surface area (Å²) in [7, 11) is 0. The van der Waals surface area contributed by atoms with Crippen molar-refractivity contribution in [2.45, 2.75) is 19.8 Å². The number of piperidine rings is 1. The van der Waals surface area contributed by atoms with Gasteiger partial charge in [0.05, 0.1) is 4.92 Å². The summed E-state index contributed by atoms with van der Waals surface area (Å²) in [5.41, 5.74) is 1.16. The van der Waals surface area contributed by atoms with Crippen molar-refractivity contribution < 1.29 is 19.6 Å². The topological polar surface area (TPSA) is 101 Å². The summed E-state index contributed by atoms with van der Waals surface area (Å²) in [4.78, 5) is 37.6. The fourth-order valence-electron chi connectivity index (χ4n) is 3.43. The minimum Gasteiger partial charge on any atom is -0.508 e. The summed E-state index contributed by atoms with van der Waals surface area (Å²) in [5.74, 6) is -0.301. The maximum atomic E-state index is 12.8. The Morgan fingerprint density at radius 2 is 1.74 bits per heavy atom. The molecular formula is C20H20N2O5. The quantitative estimate of drug-likeness (QED) is 0.507. The van der Waals surface area contributed by atoms with Gasteiger partial charge in [0.25, 0.3) is 11.6 Å². The van der Waals surface area contributed by atoms with Crippen molar-refractivity contribution in [2.24, 2.45) is 5.92 Å². The zero-order chi connectivity index (χ0) is 19.6. The molecule has 0 unspecified atom stereocenters. The van der Waals surface area contributed by atoms with Crippen LogP contribution in [0.1, 0.15) is 39.1 Å². The fraction of sp³-hybridized carbons (Fsp3) is 0.300. The molecule has 27 heavy (non-hydrogen) atoms. The van der Waals surface area contributed by atoms with Crippen molar-refractivity contribution in [3.05, 3.63) is 69.3 Å². The Morgan fingerprint density at radius 3 is 2.33 bits per heavy atom. The number of Topliss-reactive ketones (excluding diaryl/α,β-unsaturated/α-hetero) is 1. The van der Waals surface area contributed by atoms with E-state index in [0.29, 0.717) is 42.6 Å². The largest absolute Gasteiger partial charge is 0.508 e. The zero-order valence-corrected chi connectivity index (χ0v) is 14.9. The van der Waals surface area contributed by atoms with E-state index < -0.39 is 4.92 Å². The smallest absolute Gasteiger partial charge is 0.273 e. The monoisotopic (exact) mass is 368 g/mol. The molecule has 2 aromatic rings. The Hall–Kier alpha value is -3.22. The highest BCUT2D eigenvalue weighted by Crippen LogP contribution is 2.26. The highest BCUT2D eigenvalue weighted by atomic mass is 16.6. The van der Waals surface area contributed by atoms with Gasteiger partial charge in [0.1, 0.15) is 5.75 Å². The van der Waals surface area contributed by atoms with E-state index in [1.165, 1.54) is 24.3 Å². The molecule has 0 spiro atoms. The van der Waals surface area contributed by atoms with Gasteiger partial charge in [-0.25, -0.2) is 0 Å². The number of ketones is 1. The number of benzene rings is 2. The zero-order valence-electron chi connectivity index (χ0n) is 14.9. The number of likely N-dealkylation sites (tertiary alicyclic amines) is 1. The maximum Gasteiger partial charge on any atom is 0.273 e. The molecule has 7 nitrogen and oxygen atoms in total. The van der Waals surface area contributed by atoms with Crippen LogP contribution in [0.15, 0.2) is 42.5 Å². The molecule has 1 fully saturated rings. The molecule has 2 aromatic carbocycles. The molecule has 1 heterocycles. The van der Waals surface area contributed by atoms with Crippen molar-refractivity contribution in [2.75, 3.05) is 13.1 Å². The Balaban J connectivity index is 1.68. The number of aromatic hydroxyl groups is 1. The van der Waals surface area contributed by atoms with E-state index in [2.05, 4.69) is 0 Å². The number of carbonyl (C=O) groups excluding carboxylic acids is 2. The molecule has 0 atom stereocenters. The molecule has 3 rings (SSSR count). The number of hydrogen-bond donors (Lipinski definition) is 1. The molecule has 0 bridgehead atoms. The van der Waals surface area contributed by atoms with E-state index in [-0.39, 0.29) is 29.0 Å². The van der Waals surface area contributed by atoms with Crippen LogP contribution in [-0.4, -0.2) is 39.7 Å². The molecule has 140 valence electrons. The lowest BCUT2D eigenvalue weighted by molar-refractivity contribution is -0.385. The first-order chi connectivity index (χ1) is 12.9. The van der Waals surface area contributed by atoms with Gasteiger partial charge in [0.2, 0.25) is 0 Å². The maximum absolute atomic E-state index is 12.8. The SMILES string of the molecule is Cc1c(C(=O)N2CCC(C(=O)c3ccc(O)cc3)CC2)cccc1[N+](=O)[O-]. The van der Waals surface area contributed by atoms with E-state index >= 15 is 0 Å². The molecule has 1 aliphatic rings. The van der Waals surface area contributed by atoms with Gasteiger partial charge in [-0.2, -0.15) is 0 Å². The summed E-state index contributed by atoms with van der Waals surface area (Å²) in [6, 6.07) is 10.7. The molecule has 0 saturated carbocycles. The standard InChI is InChI=1S/C20H20N2O5/c1-13-17(3-2-4-18(13)22(26)27)20(25)21-11-9-15(10-12-21)19(24)14-5-7-16(23)8-6-14/h2-8,15,23H,9-12H2,1H3. The van der Waals surface area contributed by atoms with Crippen LogP contribution in [0.4, 0.5) is 5.69 Å². The lowest BCUT2D eigenvalue weighted by Gasteiger charge is -2.31. The van der Waals surface area contributed by atoms with E-state index in [0.717, 1.165) is 0 Å². The second kappa shape index (κ2) is 7.57. The number of phenols is 1. The molecule has 0 radical (unpaired) electrons. The number of rotatable bonds is 4. The van der Waals surface area contributed by atoms with Gasteiger partial charge in [-0.3, -0.25) is 19.7 Å². The summed E-state index contributed by atoms with van der Waals surface area (Å²) < 4.78 is 0. The minimum absolute atomic E-state index is 0.00799. The van der Waals surface area contributed by atoms with Crippen LogP contribution in [0.5, 0.6) is 5.75 Å². The first-order valence-corrected chi connectivity index (χ1v) is 8.75. The number of nitro benzene ring substituents is 1. The van der Waals surface area contributed by atoms with E-state index in [1.807, 2.05) is 0 Å². The van der Waals surface area contributed by atoms with Gasteiger partial charge in [-0.15, -0.1) is 0 Å². The number of amides is 1. The predicted molar refractivity (Wildman–Crippen MR) is 98.9 cm³/mol. The molecule has 1 amide bonds. The number of hydrogen-bond acceptors (Lipinski definition) is 5. The predicted octanol–water partition coefficient (Wildman–Crippen LogP) is 3.34. The normalized spacial score (nSPS) is 14.8. The van der Waals surface area contributed by atoms with Gasteiger partial charge < -0.3 is 10.0 Å². The molecule has 1 aliphatic heterocycles. The van der Waals surface area contributed by atoms with Crippen LogP contribution < -0.4 is 0 Å². The van der Waals surface area contributed by atoms with Crippen molar-refractivity contribution in [1.29, 1.82) is 0 Å². The molecule has 0 aliphatic carbocycles. The van der Waals surface area contributed by atoms with Crippen LogP contribution in [0.25, 0.3) is 0 Å². The third-order valence-electron chi connectivity index (χ3n) is 5.04. The van der Waals surface area contributed by atoms with Crippen molar-refractivity contribution >= 4 is 17.4 Å². The first-order valence-electron chi connectivity index (χ1n) is 8.75. The van der Waals surface area contributed by atoms with Crippen LogP contribution in [-0.2, 0) is 0 Å². The average Bonchev–Trinajstić information content (AvgIpc) is 2.67. The van der Waals surface area contributed by atoms with Crippen LogP contribution in [0.2, 0.25) is 0 Å².